The van der Waals surface area contributed by atoms with E-state index in [0.717, 1.165) is 44.1 Å². The van der Waals surface area contributed by atoms with Gasteiger partial charge in [0, 0.05) is 32.6 Å². The van der Waals surface area contributed by atoms with Gasteiger partial charge in [-0.05, 0) is 50.5 Å². The van der Waals surface area contributed by atoms with Crippen LogP contribution in [0.25, 0.3) is 0 Å². The zero-order valence-corrected chi connectivity index (χ0v) is 21.7. The second-order valence-electron chi connectivity index (χ2n) is 9.45. The Bertz CT molecular complexity index is 943. The number of amides is 3. The maximum absolute atomic E-state index is 12.7. The van der Waals surface area contributed by atoms with E-state index in [2.05, 4.69) is 5.32 Å². The number of benzene rings is 1. The lowest BCUT2D eigenvalue weighted by atomic mass is 10.1. The molecule has 1 aromatic rings. The smallest absolute Gasteiger partial charge is 0.408 e. The monoisotopic (exact) mass is 531 g/mol. The highest BCUT2D eigenvalue weighted by molar-refractivity contribution is 5.85. The second-order valence-corrected chi connectivity index (χ2v) is 9.45. The fourth-order valence-electron chi connectivity index (χ4n) is 4.34. The Labute approximate surface area is 222 Å². The molecule has 2 aliphatic heterocycles. The van der Waals surface area contributed by atoms with E-state index in [1.165, 1.54) is 0 Å². The molecule has 0 aromatic heterocycles. The number of alkyl carbamates (subject to hydrolysis) is 1. The summed E-state index contributed by atoms with van der Waals surface area (Å²) >= 11 is 0. The number of rotatable bonds is 11. The molecule has 1 atom stereocenters. The molecule has 0 radical (unpaired) electrons. The summed E-state index contributed by atoms with van der Waals surface area (Å²) in [6, 6.07) is 7.77. The molecule has 0 bridgehead atoms. The number of nitrogens with one attached hydrogen (secondary N) is 1. The van der Waals surface area contributed by atoms with Gasteiger partial charge in [-0.2, -0.15) is 0 Å². The minimum Gasteiger partial charge on any atom is -0.456 e. The number of piperidine rings is 2. The van der Waals surface area contributed by atoms with Gasteiger partial charge in [-0.25, -0.2) is 9.59 Å². The molecule has 2 fully saturated rings. The zero-order chi connectivity index (χ0) is 27.2. The molecule has 1 N–H and O–H groups in total. The van der Waals surface area contributed by atoms with Gasteiger partial charge >= 0.3 is 18.0 Å². The fraction of sp³-hybridized carbons (Fsp3) is 0.593. The topological polar surface area (TPSA) is 132 Å². The van der Waals surface area contributed by atoms with Crippen LogP contribution in [-0.4, -0.2) is 85.1 Å². The van der Waals surface area contributed by atoms with Gasteiger partial charge in [0.25, 0.3) is 11.8 Å². The lowest BCUT2D eigenvalue weighted by Crippen LogP contribution is -2.44. The van der Waals surface area contributed by atoms with E-state index in [-0.39, 0.29) is 37.9 Å². The number of carbonyl (C=O) groups is 5. The van der Waals surface area contributed by atoms with Gasteiger partial charge in [0.05, 0.1) is 0 Å². The van der Waals surface area contributed by atoms with E-state index in [9.17, 15) is 24.0 Å². The van der Waals surface area contributed by atoms with E-state index in [0.29, 0.717) is 26.2 Å². The number of hydrogen-bond donors (Lipinski definition) is 1. The van der Waals surface area contributed by atoms with Crippen molar-refractivity contribution in [1.29, 1.82) is 0 Å². The summed E-state index contributed by atoms with van der Waals surface area (Å²) in [5, 5.41) is 2.42. The van der Waals surface area contributed by atoms with Crippen molar-refractivity contribution in [3.63, 3.8) is 0 Å². The van der Waals surface area contributed by atoms with Crippen LogP contribution in [0.15, 0.2) is 30.3 Å². The first kappa shape index (κ1) is 28.9. The minimum absolute atomic E-state index is 0.0114. The average Bonchev–Trinajstić information content (AvgIpc) is 2.96. The predicted molar refractivity (Wildman–Crippen MR) is 136 cm³/mol. The van der Waals surface area contributed by atoms with Gasteiger partial charge in [0.1, 0.15) is 12.6 Å². The summed E-state index contributed by atoms with van der Waals surface area (Å²) in [6.45, 7) is 1.70. The summed E-state index contributed by atoms with van der Waals surface area (Å²) in [4.78, 5) is 65.3. The van der Waals surface area contributed by atoms with Crippen molar-refractivity contribution in [3.05, 3.63) is 35.9 Å². The third-order valence-electron chi connectivity index (χ3n) is 6.54. The van der Waals surface area contributed by atoms with Gasteiger partial charge in [-0.3, -0.25) is 14.4 Å². The summed E-state index contributed by atoms with van der Waals surface area (Å²) in [7, 11) is 0. The van der Waals surface area contributed by atoms with E-state index < -0.39 is 30.7 Å². The number of nitrogens with zero attached hydrogens (tertiary/aromatic N) is 2. The maximum Gasteiger partial charge on any atom is 0.408 e. The normalized spacial score (nSPS) is 16.2. The third kappa shape index (κ3) is 10.0. The van der Waals surface area contributed by atoms with Crippen molar-refractivity contribution in [1.82, 2.24) is 15.1 Å². The van der Waals surface area contributed by atoms with Gasteiger partial charge in [0.2, 0.25) is 0 Å². The van der Waals surface area contributed by atoms with Crippen LogP contribution in [0.3, 0.4) is 0 Å². The molecule has 0 saturated carbocycles. The predicted octanol–water partition coefficient (Wildman–Crippen LogP) is 2.17. The van der Waals surface area contributed by atoms with Crippen LogP contribution in [0.1, 0.15) is 56.9 Å². The van der Waals surface area contributed by atoms with E-state index >= 15 is 0 Å². The van der Waals surface area contributed by atoms with Crippen molar-refractivity contribution in [2.45, 2.75) is 64.0 Å². The molecule has 2 aliphatic rings. The first-order valence-electron chi connectivity index (χ1n) is 13.3. The molecule has 2 heterocycles. The quantitative estimate of drug-likeness (QED) is 0.340. The number of hydrogen-bond acceptors (Lipinski definition) is 8. The average molecular weight is 532 g/mol. The van der Waals surface area contributed by atoms with Crippen LogP contribution < -0.4 is 5.32 Å². The molecule has 1 aromatic carbocycles. The van der Waals surface area contributed by atoms with Crippen LogP contribution in [0.4, 0.5) is 4.79 Å². The summed E-state index contributed by atoms with van der Waals surface area (Å²) in [5.41, 5.74) is 0.760. The van der Waals surface area contributed by atoms with Crippen LogP contribution in [0.5, 0.6) is 0 Å². The van der Waals surface area contributed by atoms with Crippen LogP contribution in [0, 0.1) is 0 Å². The Morgan fingerprint density at radius 2 is 1.29 bits per heavy atom. The molecule has 38 heavy (non-hydrogen) atoms. The van der Waals surface area contributed by atoms with E-state index in [1.54, 1.807) is 34.1 Å². The largest absolute Gasteiger partial charge is 0.456 e. The van der Waals surface area contributed by atoms with Gasteiger partial charge in [-0.15, -0.1) is 0 Å². The molecule has 0 unspecified atom stereocenters. The van der Waals surface area contributed by atoms with Crippen molar-refractivity contribution < 1.29 is 38.2 Å². The van der Waals surface area contributed by atoms with Crippen LogP contribution in [0.2, 0.25) is 0 Å². The van der Waals surface area contributed by atoms with Crippen molar-refractivity contribution in [3.8, 4) is 0 Å². The van der Waals surface area contributed by atoms with Gasteiger partial charge in [-0.1, -0.05) is 30.3 Å². The molecule has 0 spiro atoms. The Hall–Kier alpha value is -3.63. The lowest BCUT2D eigenvalue weighted by molar-refractivity contribution is -0.155. The third-order valence-corrected chi connectivity index (χ3v) is 6.54. The van der Waals surface area contributed by atoms with Gasteiger partial charge in [0.15, 0.2) is 13.2 Å². The number of likely N-dealkylation sites (tertiary alicyclic amines) is 2. The first-order valence-corrected chi connectivity index (χ1v) is 13.3. The Kier molecular flexibility index (Phi) is 11.9. The minimum atomic E-state index is -1.24. The first-order chi connectivity index (χ1) is 18.4. The highest BCUT2D eigenvalue weighted by Gasteiger charge is 2.27. The Morgan fingerprint density at radius 1 is 0.737 bits per heavy atom. The molecule has 2 saturated heterocycles. The number of carbonyl (C=O) groups excluding carboxylic acids is 5. The Morgan fingerprint density at radius 3 is 1.87 bits per heavy atom. The molecule has 0 aliphatic carbocycles. The van der Waals surface area contributed by atoms with E-state index in [1.807, 2.05) is 6.07 Å². The fourth-order valence-corrected chi connectivity index (χ4v) is 4.34. The molecule has 3 rings (SSSR count). The SMILES string of the molecule is O=C(CC[C@H](NC(=O)OCc1ccccc1)C(=O)OCC(=O)N1CCCCC1)OCC(=O)N1CCCCC1. The summed E-state index contributed by atoms with van der Waals surface area (Å²) in [6.07, 6.45) is 4.53. The lowest BCUT2D eigenvalue weighted by Gasteiger charge is -2.27. The standard InChI is InChI=1S/C27H37N3O8/c31-23(29-14-6-2-7-15-29)19-36-25(33)13-12-22(28-27(35)38-18-21-10-4-1-5-11-21)26(34)37-20-24(32)30-16-8-3-9-17-30/h1,4-5,10-11,22H,2-3,6-9,12-20H2,(H,28,35)/t22-/m0/s1. The maximum atomic E-state index is 12.7. The van der Waals surface area contributed by atoms with Crippen molar-refractivity contribution in [2.24, 2.45) is 0 Å². The van der Waals surface area contributed by atoms with Crippen molar-refractivity contribution >= 4 is 29.8 Å². The van der Waals surface area contributed by atoms with Crippen molar-refractivity contribution in [2.75, 3.05) is 39.4 Å². The Balaban J connectivity index is 1.49. The molecule has 208 valence electrons. The van der Waals surface area contributed by atoms with E-state index in [4.69, 9.17) is 14.2 Å². The van der Waals surface area contributed by atoms with Crippen LogP contribution >= 0.6 is 0 Å². The van der Waals surface area contributed by atoms with Gasteiger partial charge < -0.3 is 29.3 Å². The van der Waals surface area contributed by atoms with Crippen LogP contribution in [-0.2, 0) is 40.0 Å². The number of esters is 2. The highest BCUT2D eigenvalue weighted by atomic mass is 16.6. The highest BCUT2D eigenvalue weighted by Crippen LogP contribution is 2.11. The zero-order valence-electron chi connectivity index (χ0n) is 21.7. The summed E-state index contributed by atoms with van der Waals surface area (Å²) < 4.78 is 15.5. The molecule has 11 nitrogen and oxygen atoms in total. The molecular formula is C27H37N3O8. The second kappa shape index (κ2) is 15.6. The molecule has 3 amide bonds. The summed E-state index contributed by atoms with van der Waals surface area (Å²) in [5.74, 6) is -2.10. The molecular weight excluding hydrogens is 494 g/mol. The number of ether oxygens (including phenoxy) is 3. The molecule has 11 heteroatoms.